The molecule has 20 heavy (non-hydrogen) atoms. The number of halogens is 3. The Morgan fingerprint density at radius 2 is 1.80 bits per heavy atom. The van der Waals surface area contributed by atoms with Gasteiger partial charge in [0.15, 0.2) is 0 Å². The van der Waals surface area contributed by atoms with Gasteiger partial charge >= 0.3 is 12.1 Å². The van der Waals surface area contributed by atoms with E-state index in [1.807, 2.05) is 0 Å². The molecule has 3 nitrogen and oxygen atoms in total. The van der Waals surface area contributed by atoms with Crippen molar-refractivity contribution in [3.05, 3.63) is 35.4 Å². The van der Waals surface area contributed by atoms with E-state index < -0.39 is 23.2 Å². The van der Waals surface area contributed by atoms with Gasteiger partial charge in [0.1, 0.15) is 0 Å². The molecule has 1 N–H and O–H groups in total. The maximum absolute atomic E-state index is 13.1. The maximum Gasteiger partial charge on any atom is 0.416 e. The third kappa shape index (κ3) is 3.72. The van der Waals surface area contributed by atoms with Gasteiger partial charge in [-0.25, -0.2) is 0 Å². The molecule has 0 aliphatic carbocycles. The molecule has 1 rings (SSSR count). The molecule has 0 fully saturated rings. The summed E-state index contributed by atoms with van der Waals surface area (Å²) >= 11 is 0. The first-order valence-corrected chi connectivity index (χ1v) is 6.23. The van der Waals surface area contributed by atoms with Crippen molar-refractivity contribution in [3.63, 3.8) is 0 Å². The van der Waals surface area contributed by atoms with Gasteiger partial charge in [0.2, 0.25) is 0 Å². The van der Waals surface area contributed by atoms with Crippen LogP contribution in [0.4, 0.5) is 13.2 Å². The fourth-order valence-corrected chi connectivity index (χ4v) is 2.22. The second kappa shape index (κ2) is 6.26. The van der Waals surface area contributed by atoms with Crippen LogP contribution in [-0.4, -0.2) is 19.6 Å². The zero-order chi connectivity index (χ0) is 15.4. The third-order valence-electron chi connectivity index (χ3n) is 3.12. The molecule has 1 atom stereocenters. The van der Waals surface area contributed by atoms with Gasteiger partial charge in [-0.2, -0.15) is 13.2 Å². The van der Waals surface area contributed by atoms with Crippen LogP contribution in [-0.2, 0) is 21.2 Å². The average molecular weight is 289 g/mol. The fraction of sp³-hybridized carbons (Fsp3) is 0.500. The van der Waals surface area contributed by atoms with Crippen molar-refractivity contribution in [3.8, 4) is 0 Å². The summed E-state index contributed by atoms with van der Waals surface area (Å²) in [5, 5.41) is 2.95. The Balaban J connectivity index is 3.31. The maximum atomic E-state index is 13.1. The molecule has 0 spiro atoms. The van der Waals surface area contributed by atoms with Gasteiger partial charge in [-0.3, -0.25) is 4.79 Å². The van der Waals surface area contributed by atoms with Crippen molar-refractivity contribution < 1.29 is 22.7 Å². The highest BCUT2D eigenvalue weighted by atomic mass is 19.4. The second-order valence-electron chi connectivity index (χ2n) is 4.66. The number of esters is 1. The van der Waals surface area contributed by atoms with E-state index in [1.54, 1.807) is 13.8 Å². The van der Waals surface area contributed by atoms with Gasteiger partial charge in [0, 0.05) is 0 Å². The van der Waals surface area contributed by atoms with Gasteiger partial charge in [-0.1, -0.05) is 25.1 Å². The van der Waals surface area contributed by atoms with E-state index in [-0.39, 0.29) is 12.0 Å². The quantitative estimate of drug-likeness (QED) is 0.847. The molecule has 0 bridgehead atoms. The molecule has 0 heterocycles. The average Bonchev–Trinajstić information content (AvgIpc) is 2.38. The number of benzene rings is 1. The summed E-state index contributed by atoms with van der Waals surface area (Å²) in [5.41, 5.74) is -1.83. The van der Waals surface area contributed by atoms with Crippen LogP contribution in [0.25, 0.3) is 0 Å². The van der Waals surface area contributed by atoms with Crippen LogP contribution in [0.1, 0.15) is 31.4 Å². The highest BCUT2D eigenvalue weighted by molar-refractivity contribution is 5.71. The van der Waals surface area contributed by atoms with Gasteiger partial charge < -0.3 is 10.1 Å². The van der Waals surface area contributed by atoms with E-state index in [2.05, 4.69) is 10.1 Å². The Morgan fingerprint density at radius 1 is 1.25 bits per heavy atom. The van der Waals surface area contributed by atoms with E-state index in [0.717, 1.165) is 6.07 Å². The van der Waals surface area contributed by atoms with Crippen LogP contribution in [0.2, 0.25) is 0 Å². The number of carbonyl (C=O) groups excluding carboxylic acids is 1. The van der Waals surface area contributed by atoms with E-state index >= 15 is 0 Å². The third-order valence-corrected chi connectivity index (χ3v) is 3.12. The van der Waals surface area contributed by atoms with Crippen LogP contribution >= 0.6 is 0 Å². The summed E-state index contributed by atoms with van der Waals surface area (Å²) < 4.78 is 43.9. The summed E-state index contributed by atoms with van der Waals surface area (Å²) in [7, 11) is 1.21. The molecule has 6 heteroatoms. The summed E-state index contributed by atoms with van der Waals surface area (Å²) in [5.74, 6) is -0.564. The summed E-state index contributed by atoms with van der Waals surface area (Å²) in [6.45, 7) is 3.77. The number of carbonyl (C=O) groups is 1. The number of rotatable bonds is 5. The number of hydrogen-bond acceptors (Lipinski definition) is 3. The Kier molecular flexibility index (Phi) is 5.16. The molecule has 0 aliphatic heterocycles. The molecule has 0 aromatic heterocycles. The van der Waals surface area contributed by atoms with Gasteiger partial charge in [0.25, 0.3) is 0 Å². The summed E-state index contributed by atoms with van der Waals surface area (Å²) in [6.07, 6.45) is -4.65. The molecule has 0 radical (unpaired) electrons. The van der Waals surface area contributed by atoms with Gasteiger partial charge in [-0.15, -0.1) is 0 Å². The first-order valence-electron chi connectivity index (χ1n) is 6.23. The predicted molar refractivity (Wildman–Crippen MR) is 69.1 cm³/mol. The number of nitrogens with one attached hydrogen (secondary N) is 1. The van der Waals surface area contributed by atoms with Crippen molar-refractivity contribution in [2.24, 2.45) is 0 Å². The molecular weight excluding hydrogens is 271 g/mol. The molecule has 1 aromatic rings. The van der Waals surface area contributed by atoms with Gasteiger partial charge in [-0.05, 0) is 25.1 Å². The largest absolute Gasteiger partial charge is 0.469 e. The molecule has 1 unspecified atom stereocenters. The van der Waals surface area contributed by atoms with Gasteiger partial charge in [0.05, 0.1) is 24.6 Å². The molecular formula is C14H18F3NO2. The Hall–Kier alpha value is -1.56. The van der Waals surface area contributed by atoms with Crippen molar-refractivity contribution in [1.29, 1.82) is 0 Å². The zero-order valence-electron chi connectivity index (χ0n) is 11.7. The number of alkyl halides is 3. The minimum absolute atomic E-state index is 0.0414. The summed E-state index contributed by atoms with van der Waals surface area (Å²) in [6, 6.07) is 5.25. The summed E-state index contributed by atoms with van der Waals surface area (Å²) in [4.78, 5) is 11.5. The molecule has 0 aliphatic rings. The molecule has 112 valence electrons. The van der Waals surface area contributed by atoms with E-state index in [4.69, 9.17) is 0 Å². The van der Waals surface area contributed by atoms with Crippen LogP contribution in [0.15, 0.2) is 24.3 Å². The monoisotopic (exact) mass is 289 g/mol. The van der Waals surface area contributed by atoms with Crippen molar-refractivity contribution >= 4 is 5.97 Å². The first-order chi connectivity index (χ1) is 9.24. The van der Waals surface area contributed by atoms with Crippen LogP contribution < -0.4 is 5.32 Å². The Labute approximate surface area is 116 Å². The lowest BCUT2D eigenvalue weighted by atomic mass is 9.85. The minimum atomic E-state index is -4.47. The lowest BCUT2D eigenvalue weighted by Gasteiger charge is -2.32. The normalized spacial score (nSPS) is 14.7. The Bertz CT molecular complexity index is 474. The molecule has 0 saturated heterocycles. The Morgan fingerprint density at radius 3 is 2.25 bits per heavy atom. The topological polar surface area (TPSA) is 38.3 Å². The van der Waals surface area contributed by atoms with E-state index in [1.165, 1.54) is 25.3 Å². The standard InChI is InChI=1S/C14H18F3NO2/c1-4-18-13(2,9-12(19)20-3)10-7-5-6-8-11(10)14(15,16)17/h5-8,18H,4,9H2,1-3H3. The van der Waals surface area contributed by atoms with E-state index in [0.29, 0.717) is 6.54 Å². The van der Waals surface area contributed by atoms with Crippen LogP contribution in [0.3, 0.4) is 0 Å². The molecule has 0 amide bonds. The SMILES string of the molecule is CCNC(C)(CC(=O)OC)c1ccccc1C(F)(F)F. The predicted octanol–water partition coefficient (Wildman–Crippen LogP) is 3.09. The minimum Gasteiger partial charge on any atom is -0.469 e. The fourth-order valence-electron chi connectivity index (χ4n) is 2.22. The van der Waals surface area contributed by atoms with Crippen LogP contribution in [0, 0.1) is 0 Å². The highest BCUT2D eigenvalue weighted by Gasteiger charge is 2.40. The zero-order valence-corrected chi connectivity index (χ0v) is 11.7. The van der Waals surface area contributed by atoms with E-state index in [9.17, 15) is 18.0 Å². The first kappa shape index (κ1) is 16.5. The van der Waals surface area contributed by atoms with Crippen LogP contribution in [0.5, 0.6) is 0 Å². The lowest BCUT2D eigenvalue weighted by Crippen LogP contribution is -2.43. The number of methoxy groups -OCH3 is 1. The van der Waals surface area contributed by atoms with Crippen molar-refractivity contribution in [1.82, 2.24) is 5.32 Å². The highest BCUT2D eigenvalue weighted by Crippen LogP contribution is 2.38. The molecule has 0 saturated carbocycles. The van der Waals surface area contributed by atoms with Crippen molar-refractivity contribution in [2.75, 3.05) is 13.7 Å². The second-order valence-corrected chi connectivity index (χ2v) is 4.66. The molecule has 1 aromatic carbocycles. The number of hydrogen-bond donors (Lipinski definition) is 1. The smallest absolute Gasteiger partial charge is 0.416 e. The number of ether oxygens (including phenoxy) is 1. The van der Waals surface area contributed by atoms with Crippen molar-refractivity contribution in [2.45, 2.75) is 32.0 Å². The lowest BCUT2D eigenvalue weighted by molar-refractivity contribution is -0.144.